The number of rotatable bonds is 10. The fourth-order valence-electron chi connectivity index (χ4n) is 4.04. The van der Waals surface area contributed by atoms with E-state index in [2.05, 4.69) is 24.7 Å². The average molecular weight is 614 g/mol. The van der Waals surface area contributed by atoms with Crippen molar-refractivity contribution in [1.82, 2.24) is 24.0 Å². The van der Waals surface area contributed by atoms with Gasteiger partial charge in [-0.2, -0.15) is 13.8 Å². The molecule has 0 aromatic carbocycles. The number of carboxylic acids is 1. The Morgan fingerprint density at radius 1 is 1.38 bits per heavy atom. The van der Waals surface area contributed by atoms with E-state index in [1.807, 2.05) is 0 Å². The smallest absolute Gasteiger partial charge is 0.289 e. The van der Waals surface area contributed by atoms with E-state index in [-0.39, 0.29) is 34.6 Å². The van der Waals surface area contributed by atoms with Gasteiger partial charge < -0.3 is 31.5 Å². The van der Waals surface area contributed by atoms with Crippen molar-refractivity contribution in [3.8, 4) is 0 Å². The fourth-order valence-corrected chi connectivity index (χ4v) is 6.73. The number of hydrogen-bond donors (Lipinski definition) is 3. The van der Waals surface area contributed by atoms with Crippen LogP contribution in [0.15, 0.2) is 34.3 Å². The van der Waals surface area contributed by atoms with Gasteiger partial charge in [-0.25, -0.2) is 13.3 Å². The summed E-state index contributed by atoms with van der Waals surface area (Å²) >= 11 is 3.19. The number of primary amides is 1. The number of nitrogens with one attached hydrogen (secondary N) is 1. The van der Waals surface area contributed by atoms with Gasteiger partial charge in [0.05, 0.1) is 11.7 Å². The van der Waals surface area contributed by atoms with Crippen molar-refractivity contribution in [3.05, 3.63) is 40.7 Å². The molecule has 0 saturated carbocycles. The molecule has 2 atom stereocenters. The highest BCUT2D eigenvalue weighted by Gasteiger charge is 2.53. The van der Waals surface area contributed by atoms with E-state index in [4.69, 9.17) is 11.5 Å². The summed E-state index contributed by atoms with van der Waals surface area (Å²) in [4.78, 5) is 59.7. The number of carbonyl (C=O) groups excluding carboxylic acids is 4. The van der Waals surface area contributed by atoms with Crippen molar-refractivity contribution in [3.63, 3.8) is 0 Å². The second kappa shape index (κ2) is 10.8. The number of amides is 3. The third-order valence-corrected chi connectivity index (χ3v) is 8.47. The van der Waals surface area contributed by atoms with Crippen LogP contribution in [0, 0.1) is 0 Å². The number of hydrogen-bond acceptors (Lipinski definition) is 13. The van der Waals surface area contributed by atoms with Crippen molar-refractivity contribution >= 4 is 74.0 Å². The first-order valence-corrected chi connectivity index (χ1v) is 13.8. The zero-order chi connectivity index (χ0) is 28.7. The molecular formula is C20H17F2N9O6S3. The Balaban J connectivity index is 1.34. The van der Waals surface area contributed by atoms with Crippen LogP contribution in [0.3, 0.4) is 0 Å². The average Bonchev–Trinajstić information content (AvgIpc) is 3.60. The number of anilines is 1. The Morgan fingerprint density at radius 2 is 2.15 bits per heavy atom. The molecule has 20 heteroatoms. The number of β-lactam (4-membered cyclic amide) rings is 1. The quantitative estimate of drug-likeness (QED) is 0.0981. The highest BCUT2D eigenvalue weighted by molar-refractivity contribution is 8.00. The predicted molar refractivity (Wildman–Crippen MR) is 134 cm³/mol. The van der Waals surface area contributed by atoms with Gasteiger partial charge in [-0.1, -0.05) is 16.5 Å². The minimum Gasteiger partial charge on any atom is -0.543 e. The number of thioether (sulfide) groups is 1. The molecule has 0 radical (unpaired) electrons. The third kappa shape index (κ3) is 5.07. The standard InChI is InChI=1S/C20H17F2N9O6S3/c21-9(22)3-37-27-11(15-26-20(24)40-28-15)16(33)25-12-17(34)31-13(19(35)36)7(4-39-18(12)31)1-29-2-10-30(6-29)8(5-38-10)14(23)32/h2,5-6,9,12,18H,1,3-4H2,(H5-,23,24,25,26,28,32,33,35,36)/b27-11-/t12-,18-/m1/s1. The van der Waals surface area contributed by atoms with E-state index < -0.39 is 53.9 Å². The summed E-state index contributed by atoms with van der Waals surface area (Å²) < 4.78 is 32.0. The number of halogens is 2. The predicted octanol–water partition coefficient (Wildman–Crippen LogP) is -2.09. The van der Waals surface area contributed by atoms with Gasteiger partial charge in [0, 0.05) is 28.2 Å². The minimum atomic E-state index is -2.86. The van der Waals surface area contributed by atoms with Gasteiger partial charge in [-0.3, -0.25) is 19.3 Å². The van der Waals surface area contributed by atoms with Crippen LogP contribution in [-0.2, 0) is 25.8 Å². The number of aromatic nitrogens is 4. The van der Waals surface area contributed by atoms with Gasteiger partial charge in [0.2, 0.25) is 22.1 Å². The molecular weight excluding hydrogens is 596 g/mol. The molecule has 210 valence electrons. The maximum atomic E-state index is 13.0. The lowest BCUT2D eigenvalue weighted by atomic mass is 10.0. The first kappa shape index (κ1) is 27.4. The van der Waals surface area contributed by atoms with Crippen molar-refractivity contribution < 1.29 is 42.5 Å². The van der Waals surface area contributed by atoms with Gasteiger partial charge >= 0.3 is 0 Å². The van der Waals surface area contributed by atoms with E-state index in [9.17, 15) is 33.1 Å². The number of thiazole rings is 1. The van der Waals surface area contributed by atoms with Crippen LogP contribution >= 0.6 is 34.6 Å². The second-order valence-electron chi connectivity index (χ2n) is 8.29. The number of oxime groups is 1. The molecule has 1 fully saturated rings. The van der Waals surface area contributed by atoms with E-state index in [0.717, 1.165) is 16.4 Å². The maximum Gasteiger partial charge on any atom is 0.289 e. The minimum absolute atomic E-state index is 0.0267. The van der Waals surface area contributed by atoms with Crippen molar-refractivity contribution in [2.45, 2.75) is 24.4 Å². The molecule has 2 aliphatic rings. The summed E-state index contributed by atoms with van der Waals surface area (Å²) in [5.41, 5.74) is 10.6. The number of fused-ring (bicyclic) bond motifs is 2. The fraction of sp³-hybridized carbons (Fsp3) is 0.300. The molecule has 0 bridgehead atoms. The maximum absolute atomic E-state index is 13.0. The van der Waals surface area contributed by atoms with Gasteiger partial charge in [0.1, 0.15) is 24.2 Å². The summed E-state index contributed by atoms with van der Waals surface area (Å²) in [6, 6.07) is -1.17. The van der Waals surface area contributed by atoms with Crippen LogP contribution in [0.25, 0.3) is 4.83 Å². The van der Waals surface area contributed by atoms with Crippen molar-refractivity contribution in [2.24, 2.45) is 10.9 Å². The normalized spacial score (nSPS) is 19.1. The lowest BCUT2D eigenvalue weighted by Crippen LogP contribution is -2.71. The first-order valence-electron chi connectivity index (χ1n) is 11.1. The number of carbonyl (C=O) groups is 4. The van der Waals surface area contributed by atoms with E-state index >= 15 is 0 Å². The highest BCUT2D eigenvalue weighted by atomic mass is 32.2. The molecule has 5 heterocycles. The molecule has 40 heavy (non-hydrogen) atoms. The molecule has 3 amide bonds. The van der Waals surface area contributed by atoms with Crippen LogP contribution in [0.4, 0.5) is 13.9 Å². The highest BCUT2D eigenvalue weighted by Crippen LogP contribution is 2.40. The summed E-state index contributed by atoms with van der Waals surface area (Å²) in [5.74, 6) is -4.07. The van der Waals surface area contributed by atoms with Crippen LogP contribution in [0.2, 0.25) is 0 Å². The SMILES string of the molecule is NC(=O)c1csc2c[n+](CC3=C(C(=O)[O-])N4C(=O)[C@@H](NC(=O)/C(=N\OCC(F)F)c5nsc(N)n5)[C@H]4SC3)cn12. The number of nitrogen functional groups attached to an aromatic ring is 1. The van der Waals surface area contributed by atoms with Gasteiger partial charge in [-0.15, -0.1) is 11.8 Å². The molecule has 3 aromatic heterocycles. The Hall–Kier alpha value is -4.17. The summed E-state index contributed by atoms with van der Waals surface area (Å²) in [7, 11) is 0. The number of carboxylic acid groups (broad SMARTS) is 1. The van der Waals surface area contributed by atoms with Gasteiger partial charge in [-0.05, 0) is 0 Å². The largest absolute Gasteiger partial charge is 0.543 e. The van der Waals surface area contributed by atoms with Crippen molar-refractivity contribution in [1.29, 1.82) is 0 Å². The molecule has 0 unspecified atom stereocenters. The molecule has 0 spiro atoms. The lowest BCUT2D eigenvalue weighted by molar-refractivity contribution is -0.687. The molecule has 15 nitrogen and oxygen atoms in total. The molecule has 5 rings (SSSR count). The Bertz CT molecular complexity index is 1600. The monoisotopic (exact) mass is 613 g/mol. The van der Waals surface area contributed by atoms with Crippen LogP contribution in [-0.4, -0.2) is 78.3 Å². The van der Waals surface area contributed by atoms with Gasteiger partial charge in [0.15, 0.2) is 11.7 Å². The summed E-state index contributed by atoms with van der Waals surface area (Å²) in [6.07, 6.45) is 0.419. The number of nitrogens with two attached hydrogens (primary N) is 2. The first-order chi connectivity index (χ1) is 19.0. The molecule has 3 aromatic rings. The lowest BCUT2D eigenvalue weighted by Gasteiger charge is -2.50. The Morgan fingerprint density at radius 3 is 2.80 bits per heavy atom. The van der Waals surface area contributed by atoms with Crippen LogP contribution < -0.4 is 26.5 Å². The number of aliphatic carboxylic acids is 1. The Labute approximate surface area is 234 Å². The van der Waals surface area contributed by atoms with Gasteiger partial charge in [0.25, 0.3) is 30.5 Å². The number of imidazole rings is 1. The van der Waals surface area contributed by atoms with Crippen LogP contribution in [0.1, 0.15) is 16.3 Å². The van der Waals surface area contributed by atoms with E-state index in [1.54, 1.807) is 26.9 Å². The van der Waals surface area contributed by atoms with Crippen molar-refractivity contribution in [2.75, 3.05) is 18.1 Å². The molecule has 5 N–H and O–H groups in total. The number of alkyl halides is 2. The van der Waals surface area contributed by atoms with E-state index in [0.29, 0.717) is 10.4 Å². The third-order valence-electron chi connectivity index (χ3n) is 5.71. The molecule has 0 aliphatic carbocycles. The zero-order valence-corrected chi connectivity index (χ0v) is 22.3. The summed E-state index contributed by atoms with van der Waals surface area (Å²) in [6.45, 7) is -1.03. The van der Waals surface area contributed by atoms with E-state index in [1.165, 1.54) is 23.1 Å². The topological polar surface area (TPSA) is 214 Å². The summed E-state index contributed by atoms with van der Waals surface area (Å²) in [5, 5.41) is 18.7. The second-order valence-corrected chi connectivity index (χ2v) is 11.1. The zero-order valence-electron chi connectivity index (χ0n) is 19.9. The molecule has 2 aliphatic heterocycles. The number of nitrogens with zero attached hydrogens (tertiary/aromatic N) is 6. The van der Waals surface area contributed by atoms with Crippen LogP contribution in [0.5, 0.6) is 0 Å². The molecule has 1 saturated heterocycles. The Kier molecular flexibility index (Phi) is 7.38.